The first-order valence-electron chi connectivity index (χ1n) is 10.3. The van der Waals surface area contributed by atoms with Gasteiger partial charge in [0, 0.05) is 29.9 Å². The van der Waals surface area contributed by atoms with Crippen LogP contribution in [0.2, 0.25) is 5.02 Å². The number of nitrogens with zero attached hydrogens (tertiary/aromatic N) is 5. The summed E-state index contributed by atoms with van der Waals surface area (Å²) in [5.41, 5.74) is 1.65. The summed E-state index contributed by atoms with van der Waals surface area (Å²) in [5.74, 6) is 0.714. The summed E-state index contributed by atoms with van der Waals surface area (Å²) in [5, 5.41) is 20.5. The van der Waals surface area contributed by atoms with Crippen LogP contribution in [0.4, 0.5) is 11.4 Å². The van der Waals surface area contributed by atoms with Gasteiger partial charge in [-0.15, -0.1) is 10.2 Å². The first-order chi connectivity index (χ1) is 15.9. The Bertz CT molecular complexity index is 1230. The van der Waals surface area contributed by atoms with Crippen LogP contribution in [0.3, 0.4) is 0 Å². The zero-order chi connectivity index (χ0) is 23.5. The number of hydrogen-bond acceptors (Lipinski definition) is 8. The fraction of sp³-hybridized carbons (Fsp3) is 0.273. The molecule has 0 saturated carbocycles. The zero-order valence-corrected chi connectivity index (χ0v) is 19.5. The van der Waals surface area contributed by atoms with Gasteiger partial charge in [0.05, 0.1) is 10.6 Å². The molecule has 1 aliphatic heterocycles. The van der Waals surface area contributed by atoms with E-state index in [1.807, 2.05) is 6.07 Å². The molecule has 2 heterocycles. The zero-order valence-electron chi connectivity index (χ0n) is 17.9. The highest BCUT2D eigenvalue weighted by atomic mass is 35.5. The van der Waals surface area contributed by atoms with Gasteiger partial charge in [0.2, 0.25) is 23.2 Å². The van der Waals surface area contributed by atoms with Crippen molar-refractivity contribution in [2.75, 3.05) is 10.7 Å². The van der Waals surface area contributed by atoms with E-state index >= 15 is 0 Å². The molecule has 1 amide bonds. The number of para-hydroxylation sites is 1. The molecule has 0 bridgehead atoms. The van der Waals surface area contributed by atoms with Gasteiger partial charge in [-0.1, -0.05) is 61.0 Å². The van der Waals surface area contributed by atoms with Crippen molar-refractivity contribution in [1.29, 1.82) is 0 Å². The largest absolute Gasteiger partial charge is 0.447 e. The lowest BCUT2D eigenvalue weighted by Gasteiger charge is -2.29. The molecular formula is C22H20ClN5O4S. The monoisotopic (exact) mass is 485 g/mol. The van der Waals surface area contributed by atoms with Crippen LogP contribution in [0.15, 0.2) is 47.6 Å². The Balaban J connectivity index is 1.88. The number of nitro benzene ring substituents is 1. The van der Waals surface area contributed by atoms with Crippen molar-refractivity contribution in [3.05, 3.63) is 63.2 Å². The third-order valence-corrected chi connectivity index (χ3v) is 6.28. The van der Waals surface area contributed by atoms with Gasteiger partial charge >= 0.3 is 0 Å². The Labute approximate surface area is 199 Å². The number of thioether (sulfide) groups is 1. The summed E-state index contributed by atoms with van der Waals surface area (Å²) in [4.78, 5) is 29.7. The molecule has 1 atom stereocenters. The van der Waals surface area contributed by atoms with E-state index in [0.29, 0.717) is 27.7 Å². The van der Waals surface area contributed by atoms with Crippen LogP contribution in [0.5, 0.6) is 5.88 Å². The predicted molar refractivity (Wildman–Crippen MR) is 126 cm³/mol. The Hall–Kier alpha value is -3.24. The van der Waals surface area contributed by atoms with E-state index < -0.39 is 11.2 Å². The topological polar surface area (TPSA) is 111 Å². The maximum absolute atomic E-state index is 12.8. The number of benzene rings is 2. The van der Waals surface area contributed by atoms with Crippen molar-refractivity contribution in [1.82, 2.24) is 15.2 Å². The molecule has 0 radical (unpaired) electrons. The van der Waals surface area contributed by atoms with Crippen LogP contribution in [0.1, 0.15) is 38.5 Å². The Morgan fingerprint density at radius 3 is 2.79 bits per heavy atom. The van der Waals surface area contributed by atoms with E-state index in [4.69, 9.17) is 16.3 Å². The second-order valence-electron chi connectivity index (χ2n) is 7.29. The molecule has 0 fully saturated rings. The fourth-order valence-corrected chi connectivity index (χ4v) is 4.51. The number of amides is 1. The summed E-state index contributed by atoms with van der Waals surface area (Å²) in [7, 11) is 0. The standard InChI is InChI=1S/C22H20ClN5O4S/c1-3-4-11-33-22-24-20-19(25-26-22)15-7-5-6-8-17(15)27(13(2)29)21(32-20)14-9-10-16(23)18(12-14)28(30)31/h5-10,12,21H,3-4,11H2,1-2H3/t21-/m0/s1. The summed E-state index contributed by atoms with van der Waals surface area (Å²) >= 11 is 7.47. The van der Waals surface area contributed by atoms with Crippen molar-refractivity contribution < 1.29 is 14.5 Å². The van der Waals surface area contributed by atoms with Gasteiger partial charge in [0.1, 0.15) is 5.02 Å². The normalized spacial score (nSPS) is 14.6. The van der Waals surface area contributed by atoms with Crippen LogP contribution in [-0.4, -0.2) is 31.8 Å². The van der Waals surface area contributed by atoms with Gasteiger partial charge in [-0.3, -0.25) is 19.8 Å². The van der Waals surface area contributed by atoms with Gasteiger partial charge in [0.15, 0.2) is 5.69 Å². The van der Waals surface area contributed by atoms with Crippen molar-refractivity contribution in [2.45, 2.75) is 38.1 Å². The third kappa shape index (κ3) is 4.62. The van der Waals surface area contributed by atoms with E-state index in [1.54, 1.807) is 24.3 Å². The highest BCUT2D eigenvalue weighted by Crippen LogP contribution is 2.44. The fourth-order valence-electron chi connectivity index (χ4n) is 3.46. The molecular weight excluding hydrogens is 466 g/mol. The second kappa shape index (κ2) is 9.72. The van der Waals surface area contributed by atoms with E-state index in [2.05, 4.69) is 22.1 Å². The maximum Gasteiger partial charge on any atom is 0.288 e. The molecule has 4 rings (SSSR count). The van der Waals surface area contributed by atoms with Gasteiger partial charge < -0.3 is 4.74 Å². The highest BCUT2D eigenvalue weighted by Gasteiger charge is 2.35. The van der Waals surface area contributed by atoms with Gasteiger partial charge in [-0.25, -0.2) is 0 Å². The van der Waals surface area contributed by atoms with Crippen molar-refractivity contribution in [3.8, 4) is 17.1 Å². The van der Waals surface area contributed by atoms with Crippen LogP contribution >= 0.6 is 23.4 Å². The first-order valence-corrected chi connectivity index (χ1v) is 11.6. The van der Waals surface area contributed by atoms with Crippen LogP contribution < -0.4 is 9.64 Å². The van der Waals surface area contributed by atoms with Crippen LogP contribution in [0.25, 0.3) is 11.3 Å². The number of ether oxygens (including phenoxy) is 1. The maximum atomic E-state index is 12.8. The lowest BCUT2D eigenvalue weighted by molar-refractivity contribution is -0.384. The molecule has 3 aromatic rings. The number of halogens is 1. The quantitative estimate of drug-likeness (QED) is 0.196. The molecule has 11 heteroatoms. The third-order valence-electron chi connectivity index (χ3n) is 5.03. The first kappa shape index (κ1) is 22.9. The van der Waals surface area contributed by atoms with Crippen LogP contribution in [0, 0.1) is 10.1 Å². The Morgan fingerprint density at radius 1 is 1.27 bits per heavy atom. The minimum atomic E-state index is -1.02. The number of unbranched alkanes of at least 4 members (excludes halogenated alkanes) is 1. The number of hydrogen-bond donors (Lipinski definition) is 0. The summed E-state index contributed by atoms with van der Waals surface area (Å²) < 4.78 is 6.23. The van der Waals surface area contributed by atoms with E-state index in [1.165, 1.54) is 35.7 Å². The molecule has 0 aliphatic carbocycles. The number of aromatic nitrogens is 3. The molecule has 0 unspecified atom stereocenters. The Kier molecular flexibility index (Phi) is 6.75. The summed E-state index contributed by atoms with van der Waals surface area (Å²) in [6.45, 7) is 3.50. The van der Waals surface area contributed by atoms with E-state index in [9.17, 15) is 14.9 Å². The minimum Gasteiger partial charge on any atom is -0.447 e. The van der Waals surface area contributed by atoms with Crippen molar-refractivity contribution in [3.63, 3.8) is 0 Å². The molecule has 33 heavy (non-hydrogen) atoms. The SMILES string of the molecule is CCCCSc1nnc2c(n1)O[C@@H](c1ccc(Cl)c([N+](=O)[O-])c1)N(C(C)=O)c1ccccc1-2. The Morgan fingerprint density at radius 2 is 2.06 bits per heavy atom. The molecule has 9 nitrogen and oxygen atoms in total. The number of carbonyl (C=O) groups excluding carboxylic acids is 1. The summed E-state index contributed by atoms with van der Waals surface area (Å²) in [6, 6.07) is 11.5. The molecule has 2 aromatic carbocycles. The molecule has 170 valence electrons. The number of anilines is 1. The molecule has 0 saturated heterocycles. The predicted octanol–water partition coefficient (Wildman–Crippen LogP) is 5.44. The highest BCUT2D eigenvalue weighted by molar-refractivity contribution is 7.99. The van der Waals surface area contributed by atoms with Gasteiger partial charge in [0.25, 0.3) is 5.69 Å². The molecule has 1 aromatic heterocycles. The van der Waals surface area contributed by atoms with E-state index in [-0.39, 0.29) is 22.5 Å². The number of rotatable bonds is 6. The average Bonchev–Trinajstić information content (AvgIpc) is 2.93. The lowest BCUT2D eigenvalue weighted by Crippen LogP contribution is -2.36. The van der Waals surface area contributed by atoms with Gasteiger partial charge in [-0.05, 0) is 18.6 Å². The van der Waals surface area contributed by atoms with Crippen molar-refractivity contribution in [2.24, 2.45) is 0 Å². The van der Waals surface area contributed by atoms with Crippen molar-refractivity contribution >= 4 is 40.6 Å². The molecule has 1 aliphatic rings. The van der Waals surface area contributed by atoms with Gasteiger partial charge in [-0.2, -0.15) is 4.98 Å². The molecule has 0 spiro atoms. The second-order valence-corrected chi connectivity index (χ2v) is 8.76. The number of nitro groups is 1. The smallest absolute Gasteiger partial charge is 0.288 e. The summed E-state index contributed by atoms with van der Waals surface area (Å²) in [6.07, 6.45) is 1.02. The lowest BCUT2D eigenvalue weighted by atomic mass is 10.1. The number of fused-ring (bicyclic) bond motifs is 3. The number of carbonyl (C=O) groups is 1. The van der Waals surface area contributed by atoms with Crippen LogP contribution in [-0.2, 0) is 4.79 Å². The molecule has 0 N–H and O–H groups in total. The van der Waals surface area contributed by atoms with E-state index in [0.717, 1.165) is 18.6 Å². The minimum absolute atomic E-state index is 0.00820. The average molecular weight is 486 g/mol.